The van der Waals surface area contributed by atoms with Gasteiger partial charge in [0.15, 0.2) is 17.5 Å². The zero-order chi connectivity index (χ0) is 18.1. The molecule has 0 spiro atoms. The maximum Gasteiger partial charge on any atom is 0.195 e. The van der Waals surface area contributed by atoms with Gasteiger partial charge in [-0.1, -0.05) is 13.0 Å². The molecule has 0 bridgehead atoms. The highest BCUT2D eigenvalue weighted by Crippen LogP contribution is 2.30. The van der Waals surface area contributed by atoms with Crippen molar-refractivity contribution in [3.05, 3.63) is 40.6 Å². The molecule has 0 saturated carbocycles. The van der Waals surface area contributed by atoms with E-state index in [9.17, 15) is 0 Å². The van der Waals surface area contributed by atoms with Crippen molar-refractivity contribution in [1.82, 2.24) is 5.32 Å². The SMILES string of the molecule is CCOc1cc(NC(=NC)NCC(C)Cc2cccs2)ccc1OC. The van der Waals surface area contributed by atoms with E-state index in [4.69, 9.17) is 9.47 Å². The zero-order valence-corrected chi connectivity index (χ0v) is 16.2. The number of thiophene rings is 1. The molecular weight excluding hydrogens is 334 g/mol. The van der Waals surface area contributed by atoms with E-state index in [0.717, 1.165) is 36.1 Å². The molecule has 1 unspecified atom stereocenters. The van der Waals surface area contributed by atoms with E-state index in [2.05, 4.69) is 40.1 Å². The monoisotopic (exact) mass is 361 g/mol. The highest BCUT2D eigenvalue weighted by molar-refractivity contribution is 7.09. The van der Waals surface area contributed by atoms with E-state index in [1.54, 1.807) is 25.5 Å². The van der Waals surface area contributed by atoms with E-state index >= 15 is 0 Å². The number of benzene rings is 1. The van der Waals surface area contributed by atoms with Crippen LogP contribution in [0.3, 0.4) is 0 Å². The third-order valence-electron chi connectivity index (χ3n) is 3.70. The summed E-state index contributed by atoms with van der Waals surface area (Å²) in [4.78, 5) is 5.71. The van der Waals surface area contributed by atoms with E-state index in [1.807, 2.05) is 25.1 Å². The van der Waals surface area contributed by atoms with E-state index < -0.39 is 0 Å². The third-order valence-corrected chi connectivity index (χ3v) is 4.60. The molecule has 1 atom stereocenters. The summed E-state index contributed by atoms with van der Waals surface area (Å²) in [6.45, 7) is 5.63. The summed E-state index contributed by atoms with van der Waals surface area (Å²) in [5.74, 6) is 2.70. The summed E-state index contributed by atoms with van der Waals surface area (Å²) >= 11 is 1.80. The molecule has 136 valence electrons. The number of guanidine groups is 1. The summed E-state index contributed by atoms with van der Waals surface area (Å²) < 4.78 is 10.9. The molecule has 0 aliphatic rings. The number of anilines is 1. The van der Waals surface area contributed by atoms with Crippen LogP contribution in [0, 0.1) is 5.92 Å². The molecule has 1 aromatic carbocycles. The molecule has 0 fully saturated rings. The Hall–Kier alpha value is -2.21. The maximum absolute atomic E-state index is 5.62. The lowest BCUT2D eigenvalue weighted by atomic mass is 10.1. The largest absolute Gasteiger partial charge is 0.493 e. The molecule has 0 saturated heterocycles. The van der Waals surface area contributed by atoms with Crippen LogP contribution in [0.2, 0.25) is 0 Å². The van der Waals surface area contributed by atoms with Gasteiger partial charge in [-0.05, 0) is 42.8 Å². The van der Waals surface area contributed by atoms with Gasteiger partial charge in [-0.25, -0.2) is 0 Å². The normalized spacial score (nSPS) is 12.6. The Morgan fingerprint density at radius 2 is 2.12 bits per heavy atom. The zero-order valence-electron chi connectivity index (χ0n) is 15.3. The molecular formula is C19H27N3O2S. The Bertz CT molecular complexity index is 671. The van der Waals surface area contributed by atoms with Crippen molar-refractivity contribution < 1.29 is 9.47 Å². The molecule has 1 heterocycles. The van der Waals surface area contributed by atoms with Crippen LogP contribution in [0.25, 0.3) is 0 Å². The van der Waals surface area contributed by atoms with Crippen LogP contribution in [0.15, 0.2) is 40.7 Å². The van der Waals surface area contributed by atoms with Gasteiger partial charge >= 0.3 is 0 Å². The van der Waals surface area contributed by atoms with Crippen molar-refractivity contribution in [2.24, 2.45) is 10.9 Å². The van der Waals surface area contributed by atoms with Crippen LogP contribution in [-0.4, -0.2) is 33.3 Å². The van der Waals surface area contributed by atoms with Crippen molar-refractivity contribution in [3.8, 4) is 11.5 Å². The van der Waals surface area contributed by atoms with Gasteiger partial charge in [0, 0.05) is 30.2 Å². The lowest BCUT2D eigenvalue weighted by Gasteiger charge is -2.17. The van der Waals surface area contributed by atoms with E-state index in [-0.39, 0.29) is 0 Å². The Balaban J connectivity index is 1.92. The van der Waals surface area contributed by atoms with Crippen LogP contribution in [0.5, 0.6) is 11.5 Å². The average molecular weight is 362 g/mol. The summed E-state index contributed by atoms with van der Waals surface area (Å²) in [5, 5.41) is 8.80. The third kappa shape index (κ3) is 5.98. The molecule has 1 aromatic heterocycles. The minimum Gasteiger partial charge on any atom is -0.493 e. The number of hydrogen-bond acceptors (Lipinski definition) is 4. The van der Waals surface area contributed by atoms with Crippen LogP contribution in [0.4, 0.5) is 5.69 Å². The smallest absolute Gasteiger partial charge is 0.195 e. The minimum atomic E-state index is 0.520. The minimum absolute atomic E-state index is 0.520. The maximum atomic E-state index is 5.62. The molecule has 6 heteroatoms. The number of nitrogens with zero attached hydrogens (tertiary/aromatic N) is 1. The molecule has 5 nitrogen and oxygen atoms in total. The fourth-order valence-corrected chi connectivity index (χ4v) is 3.32. The van der Waals surface area contributed by atoms with Crippen molar-refractivity contribution in [1.29, 1.82) is 0 Å². The highest BCUT2D eigenvalue weighted by atomic mass is 32.1. The molecule has 0 aliphatic carbocycles. The van der Waals surface area contributed by atoms with Gasteiger partial charge < -0.3 is 20.1 Å². The Labute approximate surface area is 154 Å². The lowest BCUT2D eigenvalue weighted by Crippen LogP contribution is -2.34. The number of ether oxygens (including phenoxy) is 2. The quantitative estimate of drug-likeness (QED) is 0.551. The fourth-order valence-electron chi connectivity index (χ4n) is 2.45. The molecule has 2 aromatic rings. The Kier molecular flexibility index (Phi) is 7.60. The van der Waals surface area contributed by atoms with Crippen LogP contribution >= 0.6 is 11.3 Å². The predicted octanol–water partition coefficient (Wildman–Crippen LogP) is 4.02. The second kappa shape index (κ2) is 9.93. The van der Waals surface area contributed by atoms with Gasteiger partial charge in [0.25, 0.3) is 0 Å². The van der Waals surface area contributed by atoms with Gasteiger partial charge in [-0.2, -0.15) is 0 Å². The molecule has 0 amide bonds. The molecule has 2 N–H and O–H groups in total. The van der Waals surface area contributed by atoms with Gasteiger partial charge in [-0.3, -0.25) is 4.99 Å². The lowest BCUT2D eigenvalue weighted by molar-refractivity contribution is 0.311. The van der Waals surface area contributed by atoms with E-state index in [0.29, 0.717) is 12.5 Å². The van der Waals surface area contributed by atoms with Crippen molar-refractivity contribution in [2.45, 2.75) is 20.3 Å². The molecule has 0 aliphatic heterocycles. The number of rotatable bonds is 8. The Morgan fingerprint density at radius 3 is 2.76 bits per heavy atom. The molecule has 2 rings (SSSR count). The number of nitrogens with one attached hydrogen (secondary N) is 2. The van der Waals surface area contributed by atoms with Crippen molar-refractivity contribution >= 4 is 23.0 Å². The van der Waals surface area contributed by atoms with Crippen LogP contribution < -0.4 is 20.1 Å². The first-order valence-electron chi connectivity index (χ1n) is 8.47. The summed E-state index contributed by atoms with van der Waals surface area (Å²) in [6, 6.07) is 10.0. The van der Waals surface area contributed by atoms with Gasteiger partial charge in [0.2, 0.25) is 0 Å². The number of methoxy groups -OCH3 is 1. The van der Waals surface area contributed by atoms with Crippen molar-refractivity contribution in [3.63, 3.8) is 0 Å². The average Bonchev–Trinajstić information content (AvgIpc) is 3.12. The van der Waals surface area contributed by atoms with Crippen LogP contribution in [-0.2, 0) is 6.42 Å². The first-order chi connectivity index (χ1) is 12.2. The summed E-state index contributed by atoms with van der Waals surface area (Å²) in [7, 11) is 3.41. The van der Waals surface area contributed by atoms with Crippen LogP contribution in [0.1, 0.15) is 18.7 Å². The summed E-state index contributed by atoms with van der Waals surface area (Å²) in [6.07, 6.45) is 1.07. The number of hydrogen-bond donors (Lipinski definition) is 2. The van der Waals surface area contributed by atoms with Gasteiger partial charge in [0.1, 0.15) is 0 Å². The molecule has 0 radical (unpaired) electrons. The number of aliphatic imine (C=N–C) groups is 1. The van der Waals surface area contributed by atoms with Gasteiger partial charge in [0.05, 0.1) is 13.7 Å². The topological polar surface area (TPSA) is 54.9 Å². The fraction of sp³-hybridized carbons (Fsp3) is 0.421. The first-order valence-corrected chi connectivity index (χ1v) is 9.35. The first kappa shape index (κ1) is 19.1. The second-order valence-electron chi connectivity index (χ2n) is 5.77. The second-order valence-corrected chi connectivity index (χ2v) is 6.80. The van der Waals surface area contributed by atoms with Gasteiger partial charge in [-0.15, -0.1) is 11.3 Å². The molecule has 25 heavy (non-hydrogen) atoms. The Morgan fingerprint density at radius 1 is 1.28 bits per heavy atom. The van der Waals surface area contributed by atoms with E-state index in [1.165, 1.54) is 4.88 Å². The van der Waals surface area contributed by atoms with Crippen molar-refractivity contribution in [2.75, 3.05) is 32.6 Å². The standard InChI is InChI=1S/C19H27N3O2S/c1-5-24-18-12-15(8-9-17(18)23-4)22-19(20-3)21-13-14(2)11-16-7-6-10-25-16/h6-10,12,14H,5,11,13H2,1-4H3,(H2,20,21,22). The predicted molar refractivity (Wildman–Crippen MR) is 106 cm³/mol. The highest BCUT2D eigenvalue weighted by Gasteiger charge is 2.09. The summed E-state index contributed by atoms with van der Waals surface area (Å²) in [5.41, 5.74) is 0.906.